The van der Waals surface area contributed by atoms with Crippen LogP contribution in [0.5, 0.6) is 0 Å². The van der Waals surface area contributed by atoms with E-state index >= 15 is 0 Å². The topological polar surface area (TPSA) is 3.24 Å². The van der Waals surface area contributed by atoms with Gasteiger partial charge in [-0.1, -0.05) is 27.7 Å². The average Bonchev–Trinajstić information content (AvgIpc) is 2.07. The third-order valence-electron chi connectivity index (χ3n) is 1.64. The second-order valence-electron chi connectivity index (χ2n) is 2.31. The van der Waals surface area contributed by atoms with Crippen LogP contribution >= 0.6 is 20.9 Å². The van der Waals surface area contributed by atoms with Crippen molar-refractivity contribution in [2.45, 2.75) is 27.7 Å². The van der Waals surface area contributed by atoms with E-state index in [4.69, 9.17) is 0 Å². The second kappa shape index (κ2) is 7.32. The monoisotopic (exact) mass is 195 g/mol. The summed E-state index contributed by atoms with van der Waals surface area (Å²) in [6.45, 7) is 11.4. The molecule has 0 fully saturated rings. The summed E-state index contributed by atoms with van der Waals surface area (Å²) in [7, 11) is 2.32. The van der Waals surface area contributed by atoms with Crippen molar-refractivity contribution in [2.24, 2.45) is 0 Å². The number of hydrogen-bond donors (Lipinski definition) is 1. The van der Waals surface area contributed by atoms with Crippen molar-refractivity contribution < 1.29 is 0 Å². The lowest BCUT2D eigenvalue weighted by Crippen LogP contribution is -2.13. The summed E-state index contributed by atoms with van der Waals surface area (Å²) in [6.07, 6.45) is 0. The van der Waals surface area contributed by atoms with Crippen molar-refractivity contribution in [2.75, 3.05) is 24.6 Å². The van der Waals surface area contributed by atoms with Crippen molar-refractivity contribution in [3.8, 4) is 0 Å². The van der Waals surface area contributed by atoms with Gasteiger partial charge in [-0.25, -0.2) is 4.31 Å². The highest BCUT2D eigenvalue weighted by Crippen LogP contribution is 2.41. The van der Waals surface area contributed by atoms with Gasteiger partial charge in [0, 0.05) is 13.1 Å². The van der Waals surface area contributed by atoms with Crippen LogP contribution in [0.3, 0.4) is 0 Å². The molecule has 0 radical (unpaired) electrons. The maximum Gasteiger partial charge on any atom is 0.00681 e. The molecule has 0 aliphatic carbocycles. The van der Waals surface area contributed by atoms with Gasteiger partial charge in [0.25, 0.3) is 0 Å². The molecular formula is C8H21NS2. The lowest BCUT2D eigenvalue weighted by Gasteiger charge is -2.24. The molecule has 0 spiro atoms. The molecule has 0 amide bonds. The minimum absolute atomic E-state index is 0.235. The molecule has 0 aromatic rings. The molecule has 0 aromatic carbocycles. The number of thiol groups is 1. The maximum absolute atomic E-state index is 2.46. The molecule has 0 atom stereocenters. The van der Waals surface area contributed by atoms with E-state index in [0.717, 1.165) is 0 Å². The van der Waals surface area contributed by atoms with Crippen LogP contribution in [-0.4, -0.2) is 28.9 Å². The molecule has 0 saturated heterocycles. The molecule has 0 rings (SSSR count). The molecule has 0 aromatic heterocycles. The first-order valence-electron chi connectivity index (χ1n) is 4.46. The van der Waals surface area contributed by atoms with Crippen LogP contribution < -0.4 is 0 Å². The van der Waals surface area contributed by atoms with Gasteiger partial charge in [0.2, 0.25) is 0 Å². The predicted octanol–water partition coefficient (Wildman–Crippen LogP) is 2.93. The second-order valence-corrected chi connectivity index (χ2v) is 7.26. The van der Waals surface area contributed by atoms with Crippen molar-refractivity contribution >= 4 is 20.9 Å². The Labute approximate surface area is 77.8 Å². The van der Waals surface area contributed by atoms with Gasteiger partial charge >= 0.3 is 0 Å². The van der Waals surface area contributed by atoms with Gasteiger partial charge in [0.05, 0.1) is 0 Å². The van der Waals surface area contributed by atoms with Crippen LogP contribution in [-0.2, 0) is 0 Å². The number of nitrogens with zero attached hydrogens (tertiary/aromatic N) is 1. The standard InChI is InChI=1S/C8H21NS2/c1-5-9(6-2)10-11(7-3)8-4/h11H,5-8H2,1-4H3. The summed E-state index contributed by atoms with van der Waals surface area (Å²) in [5.74, 6) is 2.71. The van der Waals surface area contributed by atoms with Crippen LogP contribution in [0.1, 0.15) is 27.7 Å². The zero-order valence-electron chi connectivity index (χ0n) is 8.13. The van der Waals surface area contributed by atoms with E-state index < -0.39 is 0 Å². The molecular weight excluding hydrogens is 174 g/mol. The normalized spacial score (nSPS) is 12.3. The van der Waals surface area contributed by atoms with E-state index in [0.29, 0.717) is 0 Å². The molecule has 70 valence electrons. The molecule has 0 saturated carbocycles. The summed E-state index contributed by atoms with van der Waals surface area (Å²) < 4.78 is 2.46. The quantitative estimate of drug-likeness (QED) is 0.394. The first-order valence-corrected chi connectivity index (χ1v) is 7.55. The van der Waals surface area contributed by atoms with Crippen LogP contribution in [0.2, 0.25) is 0 Å². The molecule has 1 nitrogen and oxygen atoms in total. The average molecular weight is 195 g/mol. The van der Waals surface area contributed by atoms with Crippen molar-refractivity contribution in [1.29, 1.82) is 0 Å². The minimum Gasteiger partial charge on any atom is -0.243 e. The van der Waals surface area contributed by atoms with E-state index in [1.807, 2.05) is 0 Å². The fourth-order valence-electron chi connectivity index (χ4n) is 0.841. The smallest absolute Gasteiger partial charge is 0.00681 e. The lowest BCUT2D eigenvalue weighted by molar-refractivity contribution is 0.530. The fourth-order valence-corrected chi connectivity index (χ4v) is 4.44. The lowest BCUT2D eigenvalue weighted by atomic mass is 10.7. The molecule has 0 aliphatic heterocycles. The van der Waals surface area contributed by atoms with E-state index in [1.54, 1.807) is 0 Å². The third-order valence-corrected chi connectivity index (χ3v) is 6.97. The largest absolute Gasteiger partial charge is 0.243 e. The Hall–Kier alpha value is 0.660. The Kier molecular flexibility index (Phi) is 7.76. The minimum atomic E-state index is 0.235. The number of rotatable bonds is 6. The Balaban J connectivity index is 3.58. The van der Waals surface area contributed by atoms with Crippen LogP contribution in [0, 0.1) is 0 Å². The predicted molar refractivity (Wildman–Crippen MR) is 60.6 cm³/mol. The first kappa shape index (κ1) is 11.7. The molecule has 3 heteroatoms. The van der Waals surface area contributed by atoms with Gasteiger partial charge in [-0.3, -0.25) is 0 Å². The Morgan fingerprint density at radius 2 is 1.45 bits per heavy atom. The Bertz CT molecular complexity index is 70.2. The van der Waals surface area contributed by atoms with E-state index in [-0.39, 0.29) is 9.93 Å². The SMILES string of the molecule is CCN(CC)S[SH](CC)CC. The highest BCUT2D eigenvalue weighted by atomic mass is 33.1. The highest BCUT2D eigenvalue weighted by Gasteiger charge is 2.04. The summed E-state index contributed by atoms with van der Waals surface area (Å²) in [6, 6.07) is 0. The molecule has 0 aliphatic rings. The van der Waals surface area contributed by atoms with Gasteiger partial charge < -0.3 is 0 Å². The van der Waals surface area contributed by atoms with Gasteiger partial charge in [0.1, 0.15) is 0 Å². The van der Waals surface area contributed by atoms with Gasteiger partial charge in [-0.05, 0) is 22.5 Å². The van der Waals surface area contributed by atoms with E-state index in [1.165, 1.54) is 24.6 Å². The van der Waals surface area contributed by atoms with E-state index in [9.17, 15) is 0 Å². The van der Waals surface area contributed by atoms with Crippen LogP contribution in [0.25, 0.3) is 0 Å². The third kappa shape index (κ3) is 4.99. The summed E-state index contributed by atoms with van der Waals surface area (Å²) in [4.78, 5) is 0. The van der Waals surface area contributed by atoms with Crippen molar-refractivity contribution in [3.05, 3.63) is 0 Å². The summed E-state index contributed by atoms with van der Waals surface area (Å²) in [5, 5.41) is 0. The zero-order valence-corrected chi connectivity index (χ0v) is 9.84. The molecule has 0 heterocycles. The summed E-state index contributed by atoms with van der Waals surface area (Å²) in [5.41, 5.74) is 0. The highest BCUT2D eigenvalue weighted by molar-refractivity contribution is 8.84. The van der Waals surface area contributed by atoms with E-state index in [2.05, 4.69) is 43.0 Å². The van der Waals surface area contributed by atoms with Crippen LogP contribution in [0.15, 0.2) is 0 Å². The molecule has 11 heavy (non-hydrogen) atoms. The van der Waals surface area contributed by atoms with Gasteiger partial charge in [-0.2, -0.15) is 9.93 Å². The molecule has 0 N–H and O–H groups in total. The van der Waals surface area contributed by atoms with Crippen LogP contribution in [0.4, 0.5) is 0 Å². The maximum atomic E-state index is 2.46. The van der Waals surface area contributed by atoms with Crippen molar-refractivity contribution in [3.63, 3.8) is 0 Å². The molecule has 0 unspecified atom stereocenters. The Morgan fingerprint density at radius 3 is 1.73 bits per heavy atom. The zero-order chi connectivity index (χ0) is 8.69. The summed E-state index contributed by atoms with van der Waals surface area (Å²) >= 11 is 0. The molecule has 0 bridgehead atoms. The van der Waals surface area contributed by atoms with Gasteiger partial charge in [-0.15, -0.1) is 0 Å². The van der Waals surface area contributed by atoms with Gasteiger partial charge in [0.15, 0.2) is 0 Å². The van der Waals surface area contributed by atoms with Crippen molar-refractivity contribution in [1.82, 2.24) is 4.31 Å². The Morgan fingerprint density at radius 1 is 1.00 bits per heavy atom. The number of hydrogen-bond acceptors (Lipinski definition) is 2. The first-order chi connectivity index (χ1) is 5.28. The fraction of sp³-hybridized carbons (Fsp3) is 1.00.